The van der Waals surface area contributed by atoms with Crippen LogP contribution >= 0.6 is 11.8 Å². The lowest BCUT2D eigenvalue weighted by Gasteiger charge is -2.19. The third kappa shape index (κ3) is 4.25. The lowest BCUT2D eigenvalue weighted by atomic mass is 10.2. The number of hydrogen-bond donors (Lipinski definition) is 1. The molecule has 0 saturated carbocycles. The molecule has 0 aliphatic rings. The molecule has 1 N–H and O–H groups in total. The van der Waals surface area contributed by atoms with Crippen molar-refractivity contribution in [2.75, 3.05) is 19.4 Å². The number of nitrogens with one attached hydrogen (secondary N) is 1. The molecule has 0 fully saturated rings. The van der Waals surface area contributed by atoms with Crippen LogP contribution in [-0.4, -0.2) is 29.2 Å². The molecular formula is C16H23N3OS. The maximum atomic E-state index is 5.45. The van der Waals surface area contributed by atoms with Gasteiger partial charge in [-0.05, 0) is 25.1 Å². The fraction of sp³-hybridized carbons (Fsp3) is 0.438. The third-order valence-electron chi connectivity index (χ3n) is 3.30. The van der Waals surface area contributed by atoms with E-state index in [4.69, 9.17) is 4.74 Å². The highest BCUT2D eigenvalue weighted by Crippen LogP contribution is 2.29. The van der Waals surface area contributed by atoms with Gasteiger partial charge in [0.2, 0.25) is 0 Å². The average molecular weight is 305 g/mol. The van der Waals surface area contributed by atoms with Crippen molar-refractivity contribution in [2.24, 2.45) is 7.05 Å². The van der Waals surface area contributed by atoms with E-state index in [2.05, 4.69) is 41.6 Å². The second-order valence-electron chi connectivity index (χ2n) is 4.85. The average Bonchev–Trinajstić information content (AvgIpc) is 2.89. The monoisotopic (exact) mass is 305 g/mol. The van der Waals surface area contributed by atoms with Gasteiger partial charge in [0.15, 0.2) is 5.75 Å². The Bertz CT molecular complexity index is 542. The van der Waals surface area contributed by atoms with Gasteiger partial charge in [-0.15, -0.1) is 11.8 Å². The first-order chi connectivity index (χ1) is 10.3. The van der Waals surface area contributed by atoms with Gasteiger partial charge in [-0.1, -0.05) is 25.1 Å². The molecule has 0 spiro atoms. The minimum Gasteiger partial charge on any atom is -0.493 e. The predicted molar refractivity (Wildman–Crippen MR) is 88.0 cm³/mol. The van der Waals surface area contributed by atoms with E-state index in [1.54, 1.807) is 13.3 Å². The van der Waals surface area contributed by atoms with Gasteiger partial charge in [0.05, 0.1) is 25.0 Å². The fourth-order valence-electron chi connectivity index (χ4n) is 2.23. The summed E-state index contributed by atoms with van der Waals surface area (Å²) in [5.41, 5.74) is 1.11. The van der Waals surface area contributed by atoms with E-state index in [0.29, 0.717) is 0 Å². The molecule has 0 aliphatic heterocycles. The maximum Gasteiger partial charge on any atom is 0.161 e. The van der Waals surface area contributed by atoms with Gasteiger partial charge in [-0.2, -0.15) is 5.10 Å². The molecule has 5 heteroatoms. The van der Waals surface area contributed by atoms with E-state index in [9.17, 15) is 0 Å². The summed E-state index contributed by atoms with van der Waals surface area (Å²) in [6.45, 7) is 3.16. The normalized spacial score (nSPS) is 12.3. The topological polar surface area (TPSA) is 39.1 Å². The van der Waals surface area contributed by atoms with Crippen molar-refractivity contribution in [3.63, 3.8) is 0 Å². The van der Waals surface area contributed by atoms with E-state index in [-0.39, 0.29) is 6.04 Å². The van der Waals surface area contributed by atoms with Crippen molar-refractivity contribution in [1.82, 2.24) is 15.1 Å². The Kier molecular flexibility index (Phi) is 6.14. The molecule has 4 nitrogen and oxygen atoms in total. The molecule has 0 bridgehead atoms. The van der Waals surface area contributed by atoms with Gasteiger partial charge in [-0.25, -0.2) is 0 Å². The molecule has 0 amide bonds. The van der Waals surface area contributed by atoms with Crippen LogP contribution in [0.15, 0.2) is 41.4 Å². The van der Waals surface area contributed by atoms with Crippen molar-refractivity contribution in [2.45, 2.75) is 24.3 Å². The molecule has 1 aromatic heterocycles. The number of aromatic nitrogens is 2. The van der Waals surface area contributed by atoms with Crippen LogP contribution in [0, 0.1) is 0 Å². The van der Waals surface area contributed by atoms with Crippen LogP contribution in [0.1, 0.15) is 25.1 Å². The van der Waals surface area contributed by atoms with Gasteiger partial charge in [0.1, 0.15) is 0 Å². The first kappa shape index (κ1) is 15.9. The van der Waals surface area contributed by atoms with Crippen LogP contribution in [-0.2, 0) is 7.05 Å². The molecule has 2 rings (SSSR count). The number of thioether (sulfide) groups is 1. The van der Waals surface area contributed by atoms with Crippen LogP contribution in [0.25, 0.3) is 0 Å². The van der Waals surface area contributed by atoms with Crippen LogP contribution in [0.5, 0.6) is 5.75 Å². The minimum atomic E-state index is 0.220. The van der Waals surface area contributed by atoms with Gasteiger partial charge < -0.3 is 10.1 Å². The van der Waals surface area contributed by atoms with Crippen molar-refractivity contribution >= 4 is 11.8 Å². The number of nitrogens with zero attached hydrogens (tertiary/aromatic N) is 2. The number of benzene rings is 1. The summed E-state index contributed by atoms with van der Waals surface area (Å²) in [5.74, 6) is 1.79. The Hall–Kier alpha value is -1.46. The Morgan fingerprint density at radius 3 is 2.76 bits per heavy atom. The number of hydrogen-bond acceptors (Lipinski definition) is 4. The van der Waals surface area contributed by atoms with Gasteiger partial charge >= 0.3 is 0 Å². The summed E-state index contributed by atoms with van der Waals surface area (Å²) in [4.78, 5) is 1.28. The van der Waals surface area contributed by atoms with Gasteiger partial charge in [0.25, 0.3) is 0 Å². The summed E-state index contributed by atoms with van der Waals surface area (Å²) >= 11 is 1.85. The van der Waals surface area contributed by atoms with E-state index < -0.39 is 0 Å². The molecule has 21 heavy (non-hydrogen) atoms. The molecule has 0 radical (unpaired) electrons. The number of ether oxygens (including phenoxy) is 1. The summed E-state index contributed by atoms with van der Waals surface area (Å²) in [6.07, 6.45) is 2.88. The maximum absolute atomic E-state index is 5.45. The van der Waals surface area contributed by atoms with Crippen LogP contribution in [0.3, 0.4) is 0 Å². The molecule has 0 aliphatic carbocycles. The second-order valence-corrected chi connectivity index (χ2v) is 5.95. The quantitative estimate of drug-likeness (QED) is 0.760. The molecule has 1 aromatic carbocycles. The zero-order valence-electron chi connectivity index (χ0n) is 12.9. The van der Waals surface area contributed by atoms with Crippen LogP contribution < -0.4 is 10.1 Å². The highest BCUT2D eigenvalue weighted by molar-refractivity contribution is 7.99. The van der Waals surface area contributed by atoms with Crippen LogP contribution in [0.2, 0.25) is 0 Å². The smallest absolute Gasteiger partial charge is 0.161 e. The zero-order chi connectivity index (χ0) is 15.1. The van der Waals surface area contributed by atoms with E-state index >= 15 is 0 Å². The Morgan fingerprint density at radius 1 is 1.33 bits per heavy atom. The predicted octanol–water partition coefficient (Wildman–Crippen LogP) is 3.26. The first-order valence-electron chi connectivity index (χ1n) is 7.23. The van der Waals surface area contributed by atoms with Crippen molar-refractivity contribution in [3.8, 4) is 5.75 Å². The molecule has 0 saturated heterocycles. The standard InChI is InChI=1S/C16H23N3OS/c1-4-10-17-14(12-21-13-8-6-5-7-9-13)16-15(20-3)11-18-19(16)2/h5-9,11,14,17H,4,10,12H2,1-3H3. The number of rotatable bonds is 8. The molecule has 1 unspecified atom stereocenters. The van der Waals surface area contributed by atoms with E-state index in [1.165, 1.54) is 4.90 Å². The number of methoxy groups -OCH3 is 1. The third-order valence-corrected chi connectivity index (χ3v) is 4.41. The van der Waals surface area contributed by atoms with Gasteiger partial charge in [-0.3, -0.25) is 4.68 Å². The first-order valence-corrected chi connectivity index (χ1v) is 8.22. The van der Waals surface area contributed by atoms with Crippen molar-refractivity contribution in [3.05, 3.63) is 42.2 Å². The zero-order valence-corrected chi connectivity index (χ0v) is 13.7. The van der Waals surface area contributed by atoms with Gasteiger partial charge in [0, 0.05) is 17.7 Å². The molecule has 1 heterocycles. The fourth-order valence-corrected chi connectivity index (χ4v) is 3.22. The van der Waals surface area contributed by atoms with E-state index in [0.717, 1.165) is 30.2 Å². The second kappa shape index (κ2) is 8.10. The highest BCUT2D eigenvalue weighted by Gasteiger charge is 2.20. The molecule has 2 aromatic rings. The lowest BCUT2D eigenvalue weighted by molar-refractivity contribution is 0.398. The van der Waals surface area contributed by atoms with Crippen molar-refractivity contribution < 1.29 is 4.74 Å². The van der Waals surface area contributed by atoms with Crippen LogP contribution in [0.4, 0.5) is 0 Å². The largest absolute Gasteiger partial charge is 0.493 e. The van der Waals surface area contributed by atoms with Crippen molar-refractivity contribution in [1.29, 1.82) is 0 Å². The SMILES string of the molecule is CCCNC(CSc1ccccc1)c1c(OC)cnn1C. The summed E-state index contributed by atoms with van der Waals surface area (Å²) < 4.78 is 7.35. The Labute approximate surface area is 130 Å². The molecule has 1 atom stereocenters. The summed E-state index contributed by atoms with van der Waals surface area (Å²) in [5, 5.41) is 7.91. The summed E-state index contributed by atoms with van der Waals surface area (Å²) in [6, 6.07) is 10.7. The summed E-state index contributed by atoms with van der Waals surface area (Å²) in [7, 11) is 3.66. The number of aryl methyl sites for hydroxylation is 1. The molecule has 114 valence electrons. The van der Waals surface area contributed by atoms with E-state index in [1.807, 2.05) is 29.6 Å². The Morgan fingerprint density at radius 2 is 2.10 bits per heavy atom. The molecular weight excluding hydrogens is 282 g/mol. The highest BCUT2D eigenvalue weighted by atomic mass is 32.2. The minimum absolute atomic E-state index is 0.220. The Balaban J connectivity index is 2.12. The lowest BCUT2D eigenvalue weighted by Crippen LogP contribution is -2.26.